The van der Waals surface area contributed by atoms with Crippen LogP contribution in [-0.4, -0.2) is 13.1 Å². The standard InChI is InChI=1S/C15H22ClN/c1-3-9-17-10-5-6-13(2)11-14-7-4-8-15(16)12-14/h4,6-8,12,17H,3,5,9-11H2,1-2H3. The first kappa shape index (κ1) is 14.3. The van der Waals surface area contributed by atoms with E-state index in [1.807, 2.05) is 18.2 Å². The van der Waals surface area contributed by atoms with Gasteiger partial charge in [-0.3, -0.25) is 0 Å². The molecule has 0 saturated heterocycles. The van der Waals surface area contributed by atoms with Crippen molar-refractivity contribution in [2.24, 2.45) is 0 Å². The Bertz CT molecular complexity index is 358. The third kappa shape index (κ3) is 6.50. The first-order chi connectivity index (χ1) is 8.22. The van der Waals surface area contributed by atoms with Crippen LogP contribution in [0.2, 0.25) is 5.02 Å². The molecular weight excluding hydrogens is 230 g/mol. The number of rotatable bonds is 7. The number of benzene rings is 1. The van der Waals surface area contributed by atoms with E-state index < -0.39 is 0 Å². The predicted octanol–water partition coefficient (Wildman–Crippen LogP) is 4.22. The van der Waals surface area contributed by atoms with Crippen molar-refractivity contribution in [1.29, 1.82) is 0 Å². The van der Waals surface area contributed by atoms with E-state index in [1.54, 1.807) is 0 Å². The van der Waals surface area contributed by atoms with E-state index in [-0.39, 0.29) is 0 Å². The van der Waals surface area contributed by atoms with Gasteiger partial charge in [-0.1, -0.05) is 42.3 Å². The molecule has 1 N–H and O–H groups in total. The van der Waals surface area contributed by atoms with Crippen molar-refractivity contribution >= 4 is 11.6 Å². The zero-order valence-corrected chi connectivity index (χ0v) is 11.6. The van der Waals surface area contributed by atoms with Crippen molar-refractivity contribution in [1.82, 2.24) is 5.32 Å². The van der Waals surface area contributed by atoms with Gasteiger partial charge < -0.3 is 5.32 Å². The molecule has 0 saturated carbocycles. The van der Waals surface area contributed by atoms with Gasteiger partial charge >= 0.3 is 0 Å². The lowest BCUT2D eigenvalue weighted by Gasteiger charge is -2.04. The summed E-state index contributed by atoms with van der Waals surface area (Å²) >= 11 is 5.96. The lowest BCUT2D eigenvalue weighted by Crippen LogP contribution is -2.15. The van der Waals surface area contributed by atoms with Crippen LogP contribution in [0.5, 0.6) is 0 Å². The molecule has 0 unspecified atom stereocenters. The topological polar surface area (TPSA) is 12.0 Å². The van der Waals surface area contributed by atoms with Gasteiger partial charge in [-0.15, -0.1) is 0 Å². The molecule has 0 radical (unpaired) electrons. The molecule has 0 atom stereocenters. The number of allylic oxidation sites excluding steroid dienone is 1. The van der Waals surface area contributed by atoms with Crippen LogP contribution >= 0.6 is 11.6 Å². The van der Waals surface area contributed by atoms with E-state index >= 15 is 0 Å². The number of hydrogen-bond donors (Lipinski definition) is 1. The molecule has 0 aliphatic heterocycles. The highest BCUT2D eigenvalue weighted by Gasteiger charge is 1.95. The van der Waals surface area contributed by atoms with Crippen LogP contribution in [0.15, 0.2) is 35.9 Å². The van der Waals surface area contributed by atoms with Gasteiger partial charge in [0, 0.05) is 5.02 Å². The molecule has 94 valence electrons. The van der Waals surface area contributed by atoms with Crippen LogP contribution in [0.1, 0.15) is 32.3 Å². The molecule has 2 heteroatoms. The average Bonchev–Trinajstić information content (AvgIpc) is 2.29. The number of nitrogens with one attached hydrogen (secondary N) is 1. The predicted molar refractivity (Wildman–Crippen MR) is 76.7 cm³/mol. The van der Waals surface area contributed by atoms with Gasteiger partial charge in [0.05, 0.1) is 0 Å². The summed E-state index contributed by atoms with van der Waals surface area (Å²) < 4.78 is 0. The molecule has 1 aromatic rings. The van der Waals surface area contributed by atoms with Crippen LogP contribution in [0.3, 0.4) is 0 Å². The van der Waals surface area contributed by atoms with Crippen LogP contribution in [-0.2, 0) is 6.42 Å². The van der Waals surface area contributed by atoms with Crippen LogP contribution < -0.4 is 5.32 Å². The number of hydrogen-bond acceptors (Lipinski definition) is 1. The summed E-state index contributed by atoms with van der Waals surface area (Å²) in [4.78, 5) is 0. The Morgan fingerprint density at radius 3 is 2.88 bits per heavy atom. The highest BCUT2D eigenvalue weighted by Crippen LogP contribution is 2.14. The normalized spacial score (nSPS) is 11.8. The maximum Gasteiger partial charge on any atom is 0.0408 e. The molecule has 0 aromatic heterocycles. The monoisotopic (exact) mass is 251 g/mol. The van der Waals surface area contributed by atoms with Gasteiger partial charge in [0.15, 0.2) is 0 Å². The first-order valence-corrected chi connectivity index (χ1v) is 6.71. The first-order valence-electron chi connectivity index (χ1n) is 6.33. The minimum atomic E-state index is 0.819. The molecule has 1 aromatic carbocycles. The second-order valence-electron chi connectivity index (χ2n) is 4.40. The second-order valence-corrected chi connectivity index (χ2v) is 4.83. The van der Waals surface area contributed by atoms with E-state index in [0.29, 0.717) is 0 Å². The SMILES string of the molecule is CCCNCCC=C(C)Cc1cccc(Cl)c1. The van der Waals surface area contributed by atoms with Gasteiger partial charge in [0.25, 0.3) is 0 Å². The smallest absolute Gasteiger partial charge is 0.0408 e. The lowest BCUT2D eigenvalue weighted by atomic mass is 10.1. The van der Waals surface area contributed by atoms with Gasteiger partial charge in [-0.2, -0.15) is 0 Å². The zero-order valence-electron chi connectivity index (χ0n) is 10.8. The Labute approximate surface area is 110 Å². The highest BCUT2D eigenvalue weighted by atomic mass is 35.5. The van der Waals surface area contributed by atoms with Crippen LogP contribution in [0.4, 0.5) is 0 Å². The summed E-state index contributed by atoms with van der Waals surface area (Å²) in [7, 11) is 0. The molecular formula is C15H22ClN. The summed E-state index contributed by atoms with van der Waals surface area (Å²) in [6, 6.07) is 8.08. The Kier molecular flexibility index (Phi) is 6.99. The summed E-state index contributed by atoms with van der Waals surface area (Å²) in [5.74, 6) is 0. The van der Waals surface area contributed by atoms with E-state index in [9.17, 15) is 0 Å². The van der Waals surface area contributed by atoms with E-state index in [1.165, 1.54) is 17.6 Å². The van der Waals surface area contributed by atoms with Gasteiger partial charge in [-0.25, -0.2) is 0 Å². The molecule has 0 fully saturated rings. The van der Waals surface area contributed by atoms with Crippen LogP contribution in [0.25, 0.3) is 0 Å². The quantitative estimate of drug-likeness (QED) is 0.565. The Balaban J connectivity index is 2.33. The zero-order chi connectivity index (χ0) is 12.5. The second kappa shape index (κ2) is 8.32. The van der Waals surface area contributed by atoms with Crippen molar-refractivity contribution in [3.8, 4) is 0 Å². The van der Waals surface area contributed by atoms with Gasteiger partial charge in [0.1, 0.15) is 0 Å². The minimum Gasteiger partial charge on any atom is -0.316 e. The maximum atomic E-state index is 5.96. The fraction of sp³-hybridized carbons (Fsp3) is 0.467. The molecule has 0 aliphatic carbocycles. The van der Waals surface area contributed by atoms with Gasteiger partial charge in [0.2, 0.25) is 0 Å². The minimum absolute atomic E-state index is 0.819. The Morgan fingerprint density at radius 2 is 2.18 bits per heavy atom. The molecule has 1 nitrogen and oxygen atoms in total. The molecule has 0 heterocycles. The maximum absolute atomic E-state index is 5.96. The molecule has 0 aliphatic rings. The largest absolute Gasteiger partial charge is 0.316 e. The van der Waals surface area contributed by atoms with Crippen molar-refractivity contribution in [3.63, 3.8) is 0 Å². The fourth-order valence-corrected chi connectivity index (χ4v) is 1.98. The molecule has 0 bridgehead atoms. The Hall–Kier alpha value is -0.790. The Morgan fingerprint density at radius 1 is 1.35 bits per heavy atom. The molecule has 0 spiro atoms. The molecule has 17 heavy (non-hydrogen) atoms. The fourth-order valence-electron chi connectivity index (χ4n) is 1.76. The summed E-state index contributed by atoms with van der Waals surface area (Å²) in [6.07, 6.45) is 5.61. The van der Waals surface area contributed by atoms with Crippen molar-refractivity contribution < 1.29 is 0 Å². The third-order valence-electron chi connectivity index (χ3n) is 2.61. The van der Waals surface area contributed by atoms with Crippen LogP contribution in [0, 0.1) is 0 Å². The summed E-state index contributed by atoms with van der Waals surface area (Å²) in [5, 5.41) is 4.22. The summed E-state index contributed by atoms with van der Waals surface area (Å²) in [6.45, 7) is 6.55. The van der Waals surface area contributed by atoms with Crippen molar-refractivity contribution in [2.75, 3.05) is 13.1 Å². The third-order valence-corrected chi connectivity index (χ3v) is 2.85. The lowest BCUT2D eigenvalue weighted by molar-refractivity contribution is 0.677. The average molecular weight is 252 g/mol. The number of halogens is 1. The van der Waals surface area contributed by atoms with Crippen molar-refractivity contribution in [3.05, 3.63) is 46.5 Å². The van der Waals surface area contributed by atoms with E-state index in [4.69, 9.17) is 11.6 Å². The van der Waals surface area contributed by atoms with E-state index in [2.05, 4.69) is 31.3 Å². The van der Waals surface area contributed by atoms with Crippen molar-refractivity contribution in [2.45, 2.75) is 33.1 Å². The van der Waals surface area contributed by atoms with E-state index in [0.717, 1.165) is 31.0 Å². The molecule has 1 rings (SSSR count). The summed E-state index contributed by atoms with van der Waals surface area (Å²) in [5.41, 5.74) is 2.69. The highest BCUT2D eigenvalue weighted by molar-refractivity contribution is 6.30. The van der Waals surface area contributed by atoms with Gasteiger partial charge in [-0.05, 0) is 57.0 Å². The molecule has 0 amide bonds.